The quantitative estimate of drug-likeness (QED) is 0.907. The molecule has 0 aromatic heterocycles. The first kappa shape index (κ1) is 14.7. The highest BCUT2D eigenvalue weighted by atomic mass is 79.9. The Kier molecular flexibility index (Phi) is 5.85. The van der Waals surface area contributed by atoms with Gasteiger partial charge in [0.1, 0.15) is 6.54 Å². The Morgan fingerprint density at radius 3 is 2.67 bits per heavy atom. The number of amides is 2. The zero-order chi connectivity index (χ0) is 13.5. The van der Waals surface area contributed by atoms with Gasteiger partial charge < -0.3 is 10.2 Å². The summed E-state index contributed by atoms with van der Waals surface area (Å²) in [5.41, 5.74) is 0.712. The smallest absolute Gasteiger partial charge is 0.240 e. The number of hydrogen-bond acceptors (Lipinski definition) is 2. The van der Waals surface area contributed by atoms with Gasteiger partial charge in [-0.25, -0.2) is 0 Å². The molecule has 18 heavy (non-hydrogen) atoms. The number of benzene rings is 1. The molecule has 1 N–H and O–H groups in total. The molecule has 1 rings (SSSR count). The van der Waals surface area contributed by atoms with Gasteiger partial charge in [-0.1, -0.05) is 28.9 Å². The molecule has 0 saturated carbocycles. The van der Waals surface area contributed by atoms with Crippen LogP contribution >= 0.6 is 15.9 Å². The van der Waals surface area contributed by atoms with E-state index in [4.69, 9.17) is 0 Å². The Balaban J connectivity index is 2.77. The lowest BCUT2D eigenvalue weighted by molar-refractivity contribution is -0.123. The molecule has 0 spiro atoms. The molecule has 0 radical (unpaired) electrons. The molecule has 0 aliphatic heterocycles. The van der Waals surface area contributed by atoms with Crippen molar-refractivity contribution < 1.29 is 9.59 Å². The molecule has 1 aromatic rings. The number of rotatable bonds is 5. The van der Waals surface area contributed by atoms with E-state index in [0.717, 1.165) is 10.9 Å². The molecule has 0 fully saturated rings. The van der Waals surface area contributed by atoms with Crippen molar-refractivity contribution in [2.75, 3.05) is 18.0 Å². The molecular formula is C13H17BrN2O2. The lowest BCUT2D eigenvalue weighted by Crippen LogP contribution is -2.40. The van der Waals surface area contributed by atoms with Crippen molar-refractivity contribution in [3.05, 3.63) is 28.7 Å². The van der Waals surface area contributed by atoms with Crippen molar-refractivity contribution in [2.45, 2.75) is 20.3 Å². The molecule has 1 aromatic carbocycles. The maximum absolute atomic E-state index is 11.7. The minimum Gasteiger partial charge on any atom is -0.355 e. The molecule has 0 aliphatic rings. The van der Waals surface area contributed by atoms with Crippen molar-refractivity contribution in [3.8, 4) is 0 Å². The first-order valence-electron chi connectivity index (χ1n) is 5.85. The van der Waals surface area contributed by atoms with Crippen LogP contribution in [0, 0.1) is 0 Å². The van der Waals surface area contributed by atoms with Crippen molar-refractivity contribution in [3.63, 3.8) is 0 Å². The highest BCUT2D eigenvalue weighted by Crippen LogP contribution is 2.19. The summed E-state index contributed by atoms with van der Waals surface area (Å²) in [5, 5.41) is 2.76. The van der Waals surface area contributed by atoms with E-state index in [0.29, 0.717) is 12.2 Å². The van der Waals surface area contributed by atoms with E-state index in [1.54, 1.807) is 6.07 Å². The topological polar surface area (TPSA) is 49.4 Å². The Morgan fingerprint density at radius 2 is 2.11 bits per heavy atom. The number of nitrogens with zero attached hydrogens (tertiary/aromatic N) is 1. The molecule has 0 heterocycles. The second-order valence-electron chi connectivity index (χ2n) is 3.93. The summed E-state index contributed by atoms with van der Waals surface area (Å²) in [6.45, 7) is 4.11. The van der Waals surface area contributed by atoms with Gasteiger partial charge in [-0.05, 0) is 24.6 Å². The fourth-order valence-corrected chi connectivity index (χ4v) is 1.88. The van der Waals surface area contributed by atoms with Gasteiger partial charge in [0.05, 0.1) is 0 Å². The summed E-state index contributed by atoms with van der Waals surface area (Å²) in [5.74, 6) is -0.299. The average Bonchev–Trinajstić information content (AvgIpc) is 2.33. The van der Waals surface area contributed by atoms with Gasteiger partial charge in [0.25, 0.3) is 0 Å². The lowest BCUT2D eigenvalue weighted by Gasteiger charge is -2.20. The number of nitrogens with one attached hydrogen (secondary N) is 1. The lowest BCUT2D eigenvalue weighted by atomic mass is 10.3. The normalized spacial score (nSPS) is 9.94. The number of carbonyl (C=O) groups is 2. The van der Waals surface area contributed by atoms with E-state index in [1.165, 1.54) is 11.8 Å². The van der Waals surface area contributed by atoms with Gasteiger partial charge in [-0.15, -0.1) is 0 Å². The zero-order valence-electron chi connectivity index (χ0n) is 10.6. The number of carbonyl (C=O) groups excluding carboxylic acids is 2. The maximum atomic E-state index is 11.7. The van der Waals surface area contributed by atoms with E-state index < -0.39 is 0 Å². The first-order chi connectivity index (χ1) is 8.54. The predicted molar refractivity (Wildman–Crippen MR) is 75.5 cm³/mol. The van der Waals surface area contributed by atoms with Crippen LogP contribution in [0.4, 0.5) is 5.69 Å². The van der Waals surface area contributed by atoms with Crippen LogP contribution in [-0.2, 0) is 9.59 Å². The molecular weight excluding hydrogens is 296 g/mol. The summed E-state index contributed by atoms with van der Waals surface area (Å²) >= 11 is 3.35. The van der Waals surface area contributed by atoms with Crippen LogP contribution < -0.4 is 10.2 Å². The van der Waals surface area contributed by atoms with E-state index in [-0.39, 0.29) is 18.4 Å². The SMILES string of the molecule is CCCNC(=O)CN(C(C)=O)c1cccc(Br)c1. The van der Waals surface area contributed by atoms with Gasteiger partial charge in [0.2, 0.25) is 11.8 Å². The van der Waals surface area contributed by atoms with Crippen molar-refractivity contribution in [1.29, 1.82) is 0 Å². The summed E-state index contributed by atoms with van der Waals surface area (Å²) < 4.78 is 0.875. The average molecular weight is 313 g/mol. The minimum atomic E-state index is -0.153. The maximum Gasteiger partial charge on any atom is 0.240 e. The second-order valence-corrected chi connectivity index (χ2v) is 4.85. The Morgan fingerprint density at radius 1 is 1.39 bits per heavy atom. The summed E-state index contributed by atoms with van der Waals surface area (Å²) in [6, 6.07) is 7.33. The molecule has 5 heteroatoms. The number of hydrogen-bond donors (Lipinski definition) is 1. The minimum absolute atomic E-state index is 0.0474. The molecule has 0 aliphatic carbocycles. The third-order valence-corrected chi connectivity index (χ3v) is 2.87. The third kappa shape index (κ3) is 4.49. The molecule has 0 atom stereocenters. The fraction of sp³-hybridized carbons (Fsp3) is 0.385. The summed E-state index contributed by atoms with van der Waals surface area (Å²) in [6.07, 6.45) is 0.878. The molecule has 0 bridgehead atoms. The number of halogens is 1. The van der Waals surface area contributed by atoms with Gasteiger partial charge in [0.15, 0.2) is 0 Å². The van der Waals surface area contributed by atoms with E-state index in [1.807, 2.05) is 25.1 Å². The zero-order valence-corrected chi connectivity index (χ0v) is 12.2. The van der Waals surface area contributed by atoms with Crippen LogP contribution in [0.25, 0.3) is 0 Å². The third-order valence-electron chi connectivity index (χ3n) is 2.37. The van der Waals surface area contributed by atoms with Crippen LogP contribution in [0.1, 0.15) is 20.3 Å². The van der Waals surface area contributed by atoms with Crippen LogP contribution in [0.5, 0.6) is 0 Å². The highest BCUT2D eigenvalue weighted by molar-refractivity contribution is 9.10. The summed E-state index contributed by atoms with van der Waals surface area (Å²) in [7, 11) is 0. The van der Waals surface area contributed by atoms with Crippen molar-refractivity contribution in [2.24, 2.45) is 0 Å². The molecule has 4 nitrogen and oxygen atoms in total. The van der Waals surface area contributed by atoms with Crippen LogP contribution in [0.3, 0.4) is 0 Å². The Bertz CT molecular complexity index is 435. The monoisotopic (exact) mass is 312 g/mol. The van der Waals surface area contributed by atoms with E-state index >= 15 is 0 Å². The molecule has 0 saturated heterocycles. The summed E-state index contributed by atoms with van der Waals surface area (Å²) in [4.78, 5) is 24.7. The molecule has 98 valence electrons. The first-order valence-corrected chi connectivity index (χ1v) is 6.64. The molecule has 0 unspecified atom stereocenters. The van der Waals surface area contributed by atoms with E-state index in [9.17, 15) is 9.59 Å². The van der Waals surface area contributed by atoms with Gasteiger partial charge in [-0.2, -0.15) is 0 Å². The van der Waals surface area contributed by atoms with Gasteiger partial charge in [0, 0.05) is 23.6 Å². The van der Waals surface area contributed by atoms with Gasteiger partial charge in [-0.3, -0.25) is 9.59 Å². The number of anilines is 1. The van der Waals surface area contributed by atoms with Gasteiger partial charge >= 0.3 is 0 Å². The largest absolute Gasteiger partial charge is 0.355 e. The predicted octanol–water partition coefficient (Wildman–Crippen LogP) is 2.33. The van der Waals surface area contributed by atoms with Crippen LogP contribution in [-0.4, -0.2) is 24.9 Å². The Hall–Kier alpha value is -1.36. The second kappa shape index (κ2) is 7.16. The highest BCUT2D eigenvalue weighted by Gasteiger charge is 2.15. The van der Waals surface area contributed by atoms with Crippen LogP contribution in [0.2, 0.25) is 0 Å². The van der Waals surface area contributed by atoms with E-state index in [2.05, 4.69) is 21.2 Å². The van der Waals surface area contributed by atoms with Crippen molar-refractivity contribution >= 4 is 33.4 Å². The fourth-order valence-electron chi connectivity index (χ4n) is 1.49. The van der Waals surface area contributed by atoms with Crippen molar-refractivity contribution in [1.82, 2.24) is 5.32 Å². The molecule has 2 amide bonds. The Labute approximate surface area is 115 Å². The van der Waals surface area contributed by atoms with Crippen LogP contribution in [0.15, 0.2) is 28.7 Å². The standard InChI is InChI=1S/C13H17BrN2O2/c1-3-7-15-13(18)9-16(10(2)17)12-6-4-5-11(14)8-12/h4-6,8H,3,7,9H2,1-2H3,(H,15,18).